The largest absolute Gasteiger partial charge is 0.453 e. The van der Waals surface area contributed by atoms with Gasteiger partial charge in [-0.05, 0) is 64.6 Å². The number of aliphatic hydroxyl groups is 1. The lowest BCUT2D eigenvalue weighted by molar-refractivity contribution is -0.130. The third kappa shape index (κ3) is 11.8. The number of rotatable bonds is 16. The molecule has 1 saturated heterocycles. The number of aliphatic hydroxyl groups excluding tert-OH is 1. The second kappa shape index (κ2) is 20.2. The minimum Gasteiger partial charge on any atom is -0.453 e. The molecule has 5 aromatic rings. The molecule has 5 atom stereocenters. The third-order valence-corrected chi connectivity index (χ3v) is 11.6. The number of pyridine rings is 2. The van der Waals surface area contributed by atoms with Crippen molar-refractivity contribution in [3.05, 3.63) is 132 Å². The molecule has 0 radical (unpaired) electrons. The average molecular weight is 856 g/mol. The van der Waals surface area contributed by atoms with Crippen molar-refractivity contribution in [1.82, 2.24) is 35.7 Å². The first kappa shape index (κ1) is 46.2. The number of nitrogens with zero attached hydrogens (tertiary/aromatic N) is 4. The Labute approximate surface area is 370 Å². The fourth-order valence-electron chi connectivity index (χ4n) is 8.41. The van der Waals surface area contributed by atoms with E-state index < -0.39 is 47.1 Å². The summed E-state index contributed by atoms with van der Waals surface area (Å²) in [5, 5.41) is 21.5. The molecule has 0 saturated carbocycles. The van der Waals surface area contributed by atoms with Crippen molar-refractivity contribution >= 4 is 34.8 Å². The summed E-state index contributed by atoms with van der Waals surface area (Å²) in [4.78, 5) is 67.4. The van der Waals surface area contributed by atoms with Gasteiger partial charge in [0.1, 0.15) is 12.1 Å². The smallest absolute Gasteiger partial charge is 0.407 e. The highest BCUT2D eigenvalue weighted by Crippen LogP contribution is 2.33. The third-order valence-electron chi connectivity index (χ3n) is 11.6. The van der Waals surface area contributed by atoms with Crippen molar-refractivity contribution in [3.8, 4) is 11.3 Å². The van der Waals surface area contributed by atoms with E-state index >= 15 is 0 Å². The van der Waals surface area contributed by atoms with Crippen LogP contribution in [0, 0.1) is 10.8 Å². The first-order chi connectivity index (χ1) is 30.0. The van der Waals surface area contributed by atoms with Crippen molar-refractivity contribution in [1.29, 1.82) is 0 Å². The lowest BCUT2D eigenvalue weighted by Gasteiger charge is -2.39. The standard InChI is InChI=1S/C50H61N7O6/c1-49(2,3)43(55-47(61)63-7)45(59)53-31-37(58)30-42(39(34-15-9-8-10-16-34)29-33-20-22-35(23-21-33)40-18-13-14-25-51-40)54-46(60)44(50(4,5)6)57-28-27-56(48(57)62)32-36-24-26-52-41-19-12-11-17-38(36)41/h8-26,37,39,42-44,58H,27-32H2,1-7H3,(H,53,59)(H,54,60)(H,55,61)/t37?,39?,42?,43?,44-/m1/s1. The molecule has 3 aromatic carbocycles. The number of hydrogen-bond acceptors (Lipinski definition) is 8. The highest BCUT2D eigenvalue weighted by molar-refractivity contribution is 5.90. The van der Waals surface area contributed by atoms with Gasteiger partial charge in [-0.2, -0.15) is 0 Å². The molecule has 13 heteroatoms. The Hall–Kier alpha value is -6.34. The highest BCUT2D eigenvalue weighted by Gasteiger charge is 2.45. The minimum absolute atomic E-state index is 0.0638. The quantitative estimate of drug-likeness (QED) is 0.0817. The normalized spacial score (nSPS) is 15.6. The van der Waals surface area contributed by atoms with E-state index in [1.807, 2.05) is 133 Å². The number of amides is 5. The fourth-order valence-corrected chi connectivity index (χ4v) is 8.41. The molecular formula is C50H61N7O6. The Balaban J connectivity index is 1.29. The molecule has 2 aromatic heterocycles. The maximum Gasteiger partial charge on any atom is 0.407 e. The van der Waals surface area contributed by atoms with Gasteiger partial charge < -0.3 is 35.6 Å². The zero-order valence-corrected chi connectivity index (χ0v) is 37.4. The van der Waals surface area contributed by atoms with Crippen LogP contribution in [0.15, 0.2) is 116 Å². The maximum absolute atomic E-state index is 15.0. The Morgan fingerprint density at radius 1 is 0.778 bits per heavy atom. The van der Waals surface area contributed by atoms with Crippen LogP contribution in [0.25, 0.3) is 22.2 Å². The average Bonchev–Trinajstić information content (AvgIpc) is 3.61. The number of fused-ring (bicyclic) bond motifs is 1. The number of carbonyl (C=O) groups excluding carboxylic acids is 4. The van der Waals surface area contributed by atoms with E-state index in [0.29, 0.717) is 26.1 Å². The summed E-state index contributed by atoms with van der Waals surface area (Å²) in [6.07, 6.45) is 2.22. The molecule has 4 unspecified atom stereocenters. The molecule has 0 spiro atoms. The Bertz CT molecular complexity index is 2320. The molecule has 6 rings (SSSR count). The number of hydrogen-bond donors (Lipinski definition) is 4. The van der Waals surface area contributed by atoms with E-state index in [0.717, 1.165) is 38.9 Å². The van der Waals surface area contributed by atoms with Crippen LogP contribution in [0.2, 0.25) is 0 Å². The van der Waals surface area contributed by atoms with Gasteiger partial charge in [0.2, 0.25) is 11.8 Å². The summed E-state index contributed by atoms with van der Waals surface area (Å²) in [6.45, 7) is 12.3. The molecule has 13 nitrogen and oxygen atoms in total. The molecule has 0 aliphatic carbocycles. The molecule has 4 N–H and O–H groups in total. The summed E-state index contributed by atoms with van der Waals surface area (Å²) in [7, 11) is 1.23. The summed E-state index contributed by atoms with van der Waals surface area (Å²) in [6, 6.07) is 30.9. The van der Waals surface area contributed by atoms with Crippen molar-refractivity contribution in [2.75, 3.05) is 26.7 Å². The molecule has 1 aliphatic rings. The number of ether oxygens (including phenoxy) is 1. The summed E-state index contributed by atoms with van der Waals surface area (Å²) in [5.41, 5.74) is 4.26. The molecule has 5 amide bonds. The van der Waals surface area contributed by atoms with Gasteiger partial charge in [0.25, 0.3) is 0 Å². The summed E-state index contributed by atoms with van der Waals surface area (Å²) >= 11 is 0. The zero-order valence-electron chi connectivity index (χ0n) is 37.4. The predicted octanol–water partition coefficient (Wildman–Crippen LogP) is 7.10. The van der Waals surface area contributed by atoms with E-state index in [2.05, 4.69) is 38.1 Å². The van der Waals surface area contributed by atoms with Gasteiger partial charge in [-0.25, -0.2) is 9.59 Å². The first-order valence-corrected chi connectivity index (χ1v) is 21.6. The Morgan fingerprint density at radius 3 is 2.14 bits per heavy atom. The van der Waals surface area contributed by atoms with Crippen LogP contribution in [0.5, 0.6) is 0 Å². The van der Waals surface area contributed by atoms with Crippen LogP contribution in [-0.2, 0) is 27.3 Å². The van der Waals surface area contributed by atoms with Crippen LogP contribution in [0.4, 0.5) is 9.59 Å². The molecule has 3 heterocycles. The fraction of sp³-hybridized carbons (Fsp3) is 0.400. The SMILES string of the molecule is COC(=O)NC(C(=O)NCC(O)CC(NC(=O)[C@@H](N1CCN(Cc2ccnc3ccccc23)C1=O)C(C)(C)C)C(Cc1ccc(-c2ccccn2)cc1)c1ccccc1)C(C)(C)C. The van der Waals surface area contributed by atoms with Crippen molar-refractivity contribution in [3.63, 3.8) is 0 Å². The van der Waals surface area contributed by atoms with Crippen molar-refractivity contribution in [2.24, 2.45) is 10.8 Å². The summed E-state index contributed by atoms with van der Waals surface area (Å²) in [5.74, 6) is -1.16. The molecule has 1 aliphatic heterocycles. The Kier molecular flexibility index (Phi) is 14.8. The second-order valence-corrected chi connectivity index (χ2v) is 18.5. The number of benzene rings is 3. The van der Waals surface area contributed by atoms with Crippen LogP contribution in [0.3, 0.4) is 0 Å². The van der Waals surface area contributed by atoms with Crippen LogP contribution in [0.1, 0.15) is 70.6 Å². The van der Waals surface area contributed by atoms with Gasteiger partial charge in [0.05, 0.1) is 24.4 Å². The van der Waals surface area contributed by atoms with Crippen LogP contribution >= 0.6 is 0 Å². The number of urea groups is 1. The number of nitrogens with one attached hydrogen (secondary N) is 3. The maximum atomic E-state index is 15.0. The van der Waals surface area contributed by atoms with Gasteiger partial charge in [-0.3, -0.25) is 19.6 Å². The lowest BCUT2D eigenvalue weighted by Crippen LogP contribution is -2.58. The topological polar surface area (TPSA) is 166 Å². The Morgan fingerprint density at radius 2 is 1.48 bits per heavy atom. The lowest BCUT2D eigenvalue weighted by atomic mass is 9.81. The van der Waals surface area contributed by atoms with E-state index in [1.54, 1.807) is 22.2 Å². The van der Waals surface area contributed by atoms with E-state index in [4.69, 9.17) is 4.74 Å². The van der Waals surface area contributed by atoms with Gasteiger partial charge in [0.15, 0.2) is 0 Å². The van der Waals surface area contributed by atoms with Crippen molar-refractivity contribution in [2.45, 2.75) is 91.1 Å². The van der Waals surface area contributed by atoms with Gasteiger partial charge >= 0.3 is 12.1 Å². The number of carbonyl (C=O) groups is 4. The van der Waals surface area contributed by atoms with Gasteiger partial charge in [0, 0.05) is 61.5 Å². The number of methoxy groups -OCH3 is 1. The van der Waals surface area contributed by atoms with Gasteiger partial charge in [-0.1, -0.05) is 120 Å². The van der Waals surface area contributed by atoms with E-state index in [-0.39, 0.29) is 30.8 Å². The van der Waals surface area contributed by atoms with E-state index in [1.165, 1.54) is 7.11 Å². The predicted molar refractivity (Wildman–Crippen MR) is 244 cm³/mol. The molecular weight excluding hydrogens is 795 g/mol. The summed E-state index contributed by atoms with van der Waals surface area (Å²) < 4.78 is 4.77. The molecule has 332 valence electrons. The molecule has 0 bridgehead atoms. The van der Waals surface area contributed by atoms with E-state index in [9.17, 15) is 24.3 Å². The number of aromatic nitrogens is 2. The van der Waals surface area contributed by atoms with Crippen molar-refractivity contribution < 1.29 is 29.0 Å². The second-order valence-electron chi connectivity index (χ2n) is 18.5. The number of para-hydroxylation sites is 1. The van der Waals surface area contributed by atoms with Gasteiger partial charge in [-0.15, -0.1) is 0 Å². The first-order valence-electron chi connectivity index (χ1n) is 21.6. The zero-order chi connectivity index (χ0) is 45.3. The molecule has 63 heavy (non-hydrogen) atoms. The monoisotopic (exact) mass is 855 g/mol. The highest BCUT2D eigenvalue weighted by atomic mass is 16.5. The minimum atomic E-state index is -1.11. The number of alkyl carbamates (subject to hydrolysis) is 1. The molecule has 1 fully saturated rings. The van der Waals surface area contributed by atoms with Crippen LogP contribution < -0.4 is 16.0 Å². The van der Waals surface area contributed by atoms with Crippen LogP contribution in [-0.4, -0.2) is 99.8 Å².